The summed E-state index contributed by atoms with van der Waals surface area (Å²) in [5.74, 6) is 0.248. The van der Waals surface area contributed by atoms with Crippen LogP contribution in [-0.4, -0.2) is 15.0 Å². The Balaban J connectivity index is 2.37. The van der Waals surface area contributed by atoms with Gasteiger partial charge in [0.2, 0.25) is 0 Å². The molecule has 0 atom stereocenters. The molecule has 0 bridgehead atoms. The second-order valence-electron chi connectivity index (χ2n) is 4.43. The summed E-state index contributed by atoms with van der Waals surface area (Å²) in [6.45, 7) is -0.157. The van der Waals surface area contributed by atoms with Gasteiger partial charge >= 0.3 is 0 Å². The van der Waals surface area contributed by atoms with Crippen molar-refractivity contribution >= 4 is 0 Å². The van der Waals surface area contributed by atoms with E-state index in [0.717, 1.165) is 30.4 Å². The van der Waals surface area contributed by atoms with Gasteiger partial charge in [-0.3, -0.25) is 4.79 Å². The lowest BCUT2D eigenvalue weighted by Gasteiger charge is -2.23. The largest absolute Gasteiger partial charge is 0.425 e. The van der Waals surface area contributed by atoms with E-state index >= 15 is 0 Å². The molecular weight excluding hydrogens is 206 g/mol. The Morgan fingerprint density at radius 3 is 2.56 bits per heavy atom. The van der Waals surface area contributed by atoms with Crippen molar-refractivity contribution in [3.05, 3.63) is 33.7 Å². The van der Waals surface area contributed by atoms with E-state index in [-0.39, 0.29) is 12.5 Å². The Morgan fingerprint density at radius 1 is 1.25 bits per heavy atom. The number of rotatable bonds is 2. The van der Waals surface area contributed by atoms with Crippen molar-refractivity contribution in [3.8, 4) is 0 Å². The van der Waals surface area contributed by atoms with Crippen LogP contribution < -0.4 is 5.56 Å². The van der Waals surface area contributed by atoms with Gasteiger partial charge < -0.3 is 10.3 Å². The van der Waals surface area contributed by atoms with Gasteiger partial charge in [0.25, 0.3) is 5.56 Å². The van der Waals surface area contributed by atoms with Gasteiger partial charge in [0.15, 0.2) is 0 Å². The lowest BCUT2D eigenvalue weighted by atomic mass is 9.86. The van der Waals surface area contributed by atoms with E-state index in [2.05, 4.69) is 0 Å². The van der Waals surface area contributed by atoms with Gasteiger partial charge in [-0.15, -0.1) is 0 Å². The van der Waals surface area contributed by atoms with Crippen molar-refractivity contribution in [1.82, 2.24) is 4.73 Å². The predicted molar refractivity (Wildman–Crippen MR) is 59.6 cm³/mol. The number of nitrogens with zero attached hydrogens (tertiary/aromatic N) is 1. The smallest absolute Gasteiger partial charge is 0.283 e. The van der Waals surface area contributed by atoms with Gasteiger partial charge in [0.1, 0.15) is 0 Å². The number of pyridine rings is 1. The van der Waals surface area contributed by atoms with Crippen molar-refractivity contribution in [3.63, 3.8) is 0 Å². The summed E-state index contributed by atoms with van der Waals surface area (Å²) in [7, 11) is 0. The van der Waals surface area contributed by atoms with Gasteiger partial charge in [0.05, 0.1) is 12.3 Å². The molecule has 1 aromatic heterocycles. The number of hydrogen-bond acceptors (Lipinski definition) is 3. The van der Waals surface area contributed by atoms with E-state index in [1.165, 1.54) is 12.5 Å². The summed E-state index contributed by atoms with van der Waals surface area (Å²) in [6.07, 6.45) is 5.53. The molecule has 4 nitrogen and oxygen atoms in total. The minimum absolute atomic E-state index is 0.157. The molecule has 0 saturated heterocycles. The molecule has 1 aliphatic carbocycles. The van der Waals surface area contributed by atoms with E-state index in [0.29, 0.717) is 11.3 Å². The fourth-order valence-electron chi connectivity index (χ4n) is 2.42. The first kappa shape index (κ1) is 11.2. The fraction of sp³-hybridized carbons (Fsp3) is 0.583. The van der Waals surface area contributed by atoms with E-state index in [9.17, 15) is 10.0 Å². The highest BCUT2D eigenvalue weighted by Crippen LogP contribution is 2.31. The molecule has 0 unspecified atom stereocenters. The normalized spacial score (nSPS) is 17.6. The molecular formula is C12H17NO3. The summed E-state index contributed by atoms with van der Waals surface area (Å²) < 4.78 is 0.731. The van der Waals surface area contributed by atoms with Gasteiger partial charge in [-0.05, 0) is 24.5 Å². The van der Waals surface area contributed by atoms with Crippen LogP contribution in [0, 0.1) is 0 Å². The van der Waals surface area contributed by atoms with Crippen LogP contribution in [0.2, 0.25) is 0 Å². The first-order valence-corrected chi connectivity index (χ1v) is 5.78. The topological polar surface area (TPSA) is 62.5 Å². The first-order valence-electron chi connectivity index (χ1n) is 5.78. The molecule has 1 saturated carbocycles. The molecule has 0 aliphatic heterocycles. The molecule has 2 rings (SSSR count). The minimum atomic E-state index is -0.452. The highest BCUT2D eigenvalue weighted by atomic mass is 16.5. The molecule has 1 fully saturated rings. The third kappa shape index (κ3) is 2.11. The van der Waals surface area contributed by atoms with Crippen LogP contribution in [0.1, 0.15) is 49.3 Å². The Morgan fingerprint density at radius 2 is 1.94 bits per heavy atom. The number of aromatic nitrogens is 1. The maximum atomic E-state index is 11.5. The van der Waals surface area contributed by atoms with E-state index in [1.54, 1.807) is 6.07 Å². The zero-order valence-corrected chi connectivity index (χ0v) is 9.22. The maximum absolute atomic E-state index is 11.5. The van der Waals surface area contributed by atoms with E-state index < -0.39 is 5.56 Å². The Hall–Kier alpha value is -1.29. The monoisotopic (exact) mass is 223 g/mol. The third-order valence-corrected chi connectivity index (χ3v) is 3.30. The zero-order chi connectivity index (χ0) is 11.5. The van der Waals surface area contributed by atoms with Gasteiger partial charge in [-0.2, -0.15) is 4.73 Å². The van der Waals surface area contributed by atoms with Crippen molar-refractivity contribution < 1.29 is 10.3 Å². The van der Waals surface area contributed by atoms with Crippen LogP contribution in [0.3, 0.4) is 0 Å². The average molecular weight is 223 g/mol. The number of aliphatic hydroxyl groups is 1. The van der Waals surface area contributed by atoms with E-state index in [4.69, 9.17) is 5.11 Å². The van der Waals surface area contributed by atoms with Crippen molar-refractivity contribution in [2.45, 2.75) is 44.6 Å². The van der Waals surface area contributed by atoms with Crippen LogP contribution >= 0.6 is 0 Å². The maximum Gasteiger partial charge on any atom is 0.283 e. The van der Waals surface area contributed by atoms with Crippen LogP contribution in [0.25, 0.3) is 0 Å². The van der Waals surface area contributed by atoms with Crippen LogP contribution in [0.4, 0.5) is 0 Å². The second kappa shape index (κ2) is 4.70. The van der Waals surface area contributed by atoms with Crippen molar-refractivity contribution in [1.29, 1.82) is 0 Å². The SMILES string of the molecule is O=c1cc(CO)cc(C2CCCCC2)n1O. The summed E-state index contributed by atoms with van der Waals surface area (Å²) >= 11 is 0. The molecule has 88 valence electrons. The molecule has 1 aromatic rings. The summed E-state index contributed by atoms with van der Waals surface area (Å²) in [6, 6.07) is 3.00. The minimum Gasteiger partial charge on any atom is -0.425 e. The summed E-state index contributed by atoms with van der Waals surface area (Å²) in [5.41, 5.74) is 0.777. The molecule has 4 heteroatoms. The second-order valence-corrected chi connectivity index (χ2v) is 4.43. The number of aliphatic hydroxyl groups excluding tert-OH is 1. The van der Waals surface area contributed by atoms with Crippen molar-refractivity contribution in [2.75, 3.05) is 0 Å². The molecule has 16 heavy (non-hydrogen) atoms. The zero-order valence-electron chi connectivity index (χ0n) is 9.22. The van der Waals surface area contributed by atoms with Crippen molar-refractivity contribution in [2.24, 2.45) is 0 Å². The molecule has 0 amide bonds. The quantitative estimate of drug-likeness (QED) is 0.749. The molecule has 1 heterocycles. The van der Waals surface area contributed by atoms with Crippen LogP contribution in [-0.2, 0) is 6.61 Å². The summed E-state index contributed by atoms with van der Waals surface area (Å²) in [4.78, 5) is 11.5. The van der Waals surface area contributed by atoms with E-state index in [1.807, 2.05) is 0 Å². The highest BCUT2D eigenvalue weighted by molar-refractivity contribution is 5.20. The molecule has 0 aromatic carbocycles. The molecule has 0 spiro atoms. The first-order chi connectivity index (χ1) is 7.72. The van der Waals surface area contributed by atoms with Gasteiger partial charge in [-0.25, -0.2) is 0 Å². The lowest BCUT2D eigenvalue weighted by molar-refractivity contribution is 0.155. The number of hydrogen-bond donors (Lipinski definition) is 2. The molecule has 1 aliphatic rings. The standard InChI is InChI=1S/C12H17NO3/c14-8-9-6-11(13(16)12(15)7-9)10-4-2-1-3-5-10/h6-7,10,14,16H,1-5,8H2. The lowest BCUT2D eigenvalue weighted by Crippen LogP contribution is -2.24. The summed E-state index contributed by atoms with van der Waals surface area (Å²) in [5, 5.41) is 18.7. The third-order valence-electron chi connectivity index (χ3n) is 3.30. The van der Waals surface area contributed by atoms with Crippen LogP contribution in [0.15, 0.2) is 16.9 Å². The van der Waals surface area contributed by atoms with Gasteiger partial charge in [-0.1, -0.05) is 19.3 Å². The Labute approximate surface area is 94.1 Å². The Bertz CT molecular complexity index is 419. The highest BCUT2D eigenvalue weighted by Gasteiger charge is 2.19. The average Bonchev–Trinajstić information content (AvgIpc) is 2.33. The van der Waals surface area contributed by atoms with Gasteiger partial charge in [0, 0.05) is 12.0 Å². The predicted octanol–water partition coefficient (Wildman–Crippen LogP) is 1.63. The fourth-order valence-corrected chi connectivity index (χ4v) is 2.42. The van der Waals surface area contributed by atoms with Crippen LogP contribution in [0.5, 0.6) is 0 Å². The molecule has 0 radical (unpaired) electrons. The Kier molecular flexibility index (Phi) is 3.29. The molecule has 2 N–H and O–H groups in total.